The zero-order valence-corrected chi connectivity index (χ0v) is 22.1. The molecule has 2 aromatic carbocycles. The lowest BCUT2D eigenvalue weighted by molar-refractivity contribution is -0.133. The highest BCUT2D eigenvalue weighted by molar-refractivity contribution is 7.10. The first-order chi connectivity index (χ1) is 16.9. The van der Waals surface area contributed by atoms with Gasteiger partial charge in [-0.15, -0.1) is 11.3 Å². The first kappa shape index (κ1) is 27.0. The topological polar surface area (TPSA) is 61.9 Å². The van der Waals surface area contributed by atoms with Gasteiger partial charge in [0, 0.05) is 31.7 Å². The maximum absolute atomic E-state index is 13.5. The molecule has 0 saturated carbocycles. The number of methoxy groups -OCH3 is 1. The number of halogens is 2. The minimum Gasteiger partial charge on any atom is -0.385 e. The van der Waals surface area contributed by atoms with Crippen LogP contribution in [0.4, 0.5) is 10.5 Å². The van der Waals surface area contributed by atoms with Crippen molar-refractivity contribution in [2.45, 2.75) is 26.4 Å². The van der Waals surface area contributed by atoms with Gasteiger partial charge in [-0.25, -0.2) is 4.79 Å². The van der Waals surface area contributed by atoms with E-state index in [0.717, 1.165) is 16.0 Å². The zero-order valence-electron chi connectivity index (χ0n) is 19.8. The molecule has 0 aliphatic carbocycles. The van der Waals surface area contributed by atoms with Crippen LogP contribution >= 0.6 is 34.5 Å². The van der Waals surface area contributed by atoms with Crippen LogP contribution in [0, 0.1) is 6.92 Å². The number of para-hydroxylation sites is 1. The maximum Gasteiger partial charge on any atom is 0.322 e. The predicted molar refractivity (Wildman–Crippen MR) is 143 cm³/mol. The Bertz CT molecular complexity index is 1100. The number of aryl methyl sites for hydroxylation is 1. The number of nitrogens with zero attached hydrogens (tertiary/aromatic N) is 2. The number of ether oxygens (including phenoxy) is 1. The van der Waals surface area contributed by atoms with Crippen LogP contribution in [0.3, 0.4) is 0 Å². The molecular weight excluding hydrogens is 505 g/mol. The summed E-state index contributed by atoms with van der Waals surface area (Å²) in [6.07, 6.45) is 0.580. The van der Waals surface area contributed by atoms with E-state index in [2.05, 4.69) is 5.32 Å². The van der Waals surface area contributed by atoms with Gasteiger partial charge in [0.05, 0.1) is 22.3 Å². The third-order valence-corrected chi connectivity index (χ3v) is 7.09. The largest absolute Gasteiger partial charge is 0.385 e. The normalized spacial score (nSPS) is 10.7. The Labute approximate surface area is 220 Å². The smallest absolute Gasteiger partial charge is 0.322 e. The Morgan fingerprint density at radius 3 is 2.31 bits per heavy atom. The van der Waals surface area contributed by atoms with E-state index in [9.17, 15) is 9.59 Å². The van der Waals surface area contributed by atoms with E-state index in [1.54, 1.807) is 41.5 Å². The van der Waals surface area contributed by atoms with Crippen LogP contribution < -0.4 is 5.32 Å². The molecule has 1 N–H and O–H groups in total. The Balaban J connectivity index is 1.79. The summed E-state index contributed by atoms with van der Waals surface area (Å²) < 4.78 is 5.15. The molecule has 3 aromatic rings. The highest BCUT2D eigenvalue weighted by Gasteiger charge is 2.23. The number of benzene rings is 2. The predicted octanol–water partition coefficient (Wildman–Crippen LogP) is 6.46. The fourth-order valence-corrected chi connectivity index (χ4v) is 4.91. The first-order valence-corrected chi connectivity index (χ1v) is 12.9. The first-order valence-electron chi connectivity index (χ1n) is 11.2. The summed E-state index contributed by atoms with van der Waals surface area (Å²) in [6.45, 7) is 3.67. The van der Waals surface area contributed by atoms with Gasteiger partial charge in [-0.2, -0.15) is 0 Å². The van der Waals surface area contributed by atoms with E-state index in [1.807, 2.05) is 48.7 Å². The Morgan fingerprint density at radius 2 is 1.69 bits per heavy atom. The summed E-state index contributed by atoms with van der Waals surface area (Å²) in [7, 11) is 1.60. The molecule has 1 aromatic heterocycles. The number of carbonyl (C=O) groups excluding carboxylic acids is 2. The standard InChI is InChI=1S/C26H29Cl2N3O3S/c1-19-12-15-35-23(19)17-31(16-20-8-4-3-5-9-20)24(32)18-30(13-7-14-34-2)26(33)29-25-21(27)10-6-11-22(25)28/h3-6,8-12,15H,7,13-14,16-18H2,1-2H3,(H,29,33). The number of amides is 3. The molecule has 1 heterocycles. The van der Waals surface area contributed by atoms with Crippen molar-refractivity contribution < 1.29 is 14.3 Å². The molecule has 0 bridgehead atoms. The number of nitrogens with one attached hydrogen (secondary N) is 1. The molecule has 0 atom stereocenters. The fraction of sp³-hybridized carbons (Fsp3) is 0.308. The van der Waals surface area contributed by atoms with Crippen molar-refractivity contribution in [2.75, 3.05) is 32.1 Å². The lowest BCUT2D eigenvalue weighted by Gasteiger charge is -2.28. The second kappa shape index (κ2) is 13.5. The quantitative estimate of drug-likeness (QED) is 0.287. The van der Waals surface area contributed by atoms with Gasteiger partial charge >= 0.3 is 6.03 Å². The zero-order chi connectivity index (χ0) is 25.2. The molecule has 0 spiro atoms. The average Bonchev–Trinajstić information content (AvgIpc) is 3.25. The average molecular weight is 535 g/mol. The molecule has 3 amide bonds. The molecular formula is C26H29Cl2N3O3S. The number of urea groups is 1. The van der Waals surface area contributed by atoms with E-state index in [4.69, 9.17) is 27.9 Å². The van der Waals surface area contributed by atoms with E-state index < -0.39 is 6.03 Å². The lowest BCUT2D eigenvalue weighted by Crippen LogP contribution is -2.44. The number of hydrogen-bond acceptors (Lipinski definition) is 4. The third kappa shape index (κ3) is 7.97. The van der Waals surface area contributed by atoms with Crippen LogP contribution in [0.1, 0.15) is 22.4 Å². The molecule has 3 rings (SSSR count). The molecule has 0 radical (unpaired) electrons. The van der Waals surface area contributed by atoms with Crippen molar-refractivity contribution in [2.24, 2.45) is 0 Å². The summed E-state index contributed by atoms with van der Waals surface area (Å²) in [5.41, 5.74) is 2.48. The second-order valence-corrected chi connectivity index (χ2v) is 9.87. The number of thiophene rings is 1. The van der Waals surface area contributed by atoms with Gasteiger partial charge in [0.2, 0.25) is 5.91 Å². The molecule has 9 heteroatoms. The molecule has 6 nitrogen and oxygen atoms in total. The highest BCUT2D eigenvalue weighted by atomic mass is 35.5. The molecule has 0 unspecified atom stereocenters. The van der Waals surface area contributed by atoms with Gasteiger partial charge in [0.25, 0.3) is 0 Å². The van der Waals surface area contributed by atoms with Gasteiger partial charge < -0.3 is 19.9 Å². The SMILES string of the molecule is COCCCN(CC(=O)N(Cc1ccccc1)Cc1sccc1C)C(=O)Nc1c(Cl)cccc1Cl. The van der Waals surface area contributed by atoms with Gasteiger partial charge in [-0.05, 0) is 48.1 Å². The van der Waals surface area contributed by atoms with E-state index >= 15 is 0 Å². The van der Waals surface area contributed by atoms with Crippen LogP contribution in [0.15, 0.2) is 60.0 Å². The summed E-state index contributed by atoms with van der Waals surface area (Å²) in [6, 6.07) is 16.4. The Morgan fingerprint density at radius 1 is 0.971 bits per heavy atom. The van der Waals surface area contributed by atoms with Crippen LogP contribution in [0.2, 0.25) is 10.0 Å². The molecule has 186 valence electrons. The monoisotopic (exact) mass is 533 g/mol. The van der Waals surface area contributed by atoms with Gasteiger partial charge in [-0.1, -0.05) is 59.6 Å². The van der Waals surface area contributed by atoms with E-state index in [-0.39, 0.29) is 12.5 Å². The number of anilines is 1. The van der Waals surface area contributed by atoms with Gasteiger partial charge in [0.15, 0.2) is 0 Å². The van der Waals surface area contributed by atoms with Crippen molar-refractivity contribution in [1.29, 1.82) is 0 Å². The lowest BCUT2D eigenvalue weighted by atomic mass is 10.2. The Kier molecular flexibility index (Phi) is 10.4. The van der Waals surface area contributed by atoms with Crippen LogP contribution in [0.25, 0.3) is 0 Å². The minimum atomic E-state index is -0.448. The summed E-state index contributed by atoms with van der Waals surface area (Å²) in [5.74, 6) is -0.153. The number of hydrogen-bond donors (Lipinski definition) is 1. The van der Waals surface area contributed by atoms with Crippen LogP contribution in [-0.2, 0) is 22.6 Å². The van der Waals surface area contributed by atoms with E-state index in [0.29, 0.717) is 48.4 Å². The molecule has 0 aliphatic rings. The minimum absolute atomic E-state index is 0.0884. The highest BCUT2D eigenvalue weighted by Crippen LogP contribution is 2.30. The summed E-state index contributed by atoms with van der Waals surface area (Å²) in [4.78, 5) is 31.1. The van der Waals surface area contributed by atoms with Gasteiger partial charge in [0.1, 0.15) is 6.54 Å². The van der Waals surface area contributed by atoms with Crippen LogP contribution in [0.5, 0.6) is 0 Å². The van der Waals surface area contributed by atoms with Crippen LogP contribution in [-0.4, -0.2) is 48.5 Å². The summed E-state index contributed by atoms with van der Waals surface area (Å²) >= 11 is 14.1. The van der Waals surface area contributed by atoms with Crippen molar-refractivity contribution in [1.82, 2.24) is 9.80 Å². The Hall–Kier alpha value is -2.58. The maximum atomic E-state index is 13.5. The van der Waals surface area contributed by atoms with Gasteiger partial charge in [-0.3, -0.25) is 4.79 Å². The number of carbonyl (C=O) groups is 2. The van der Waals surface area contributed by atoms with E-state index in [1.165, 1.54) is 4.90 Å². The molecule has 0 fully saturated rings. The summed E-state index contributed by atoms with van der Waals surface area (Å²) in [5, 5.41) is 5.44. The molecule has 0 aliphatic heterocycles. The second-order valence-electron chi connectivity index (χ2n) is 8.06. The van der Waals surface area contributed by atoms with Crippen molar-refractivity contribution in [3.63, 3.8) is 0 Å². The molecule has 35 heavy (non-hydrogen) atoms. The van der Waals surface area contributed by atoms with Crippen molar-refractivity contribution >= 4 is 52.2 Å². The number of rotatable bonds is 11. The van der Waals surface area contributed by atoms with Crippen molar-refractivity contribution in [3.8, 4) is 0 Å². The van der Waals surface area contributed by atoms with Crippen molar-refractivity contribution in [3.05, 3.63) is 86.0 Å². The third-order valence-electron chi connectivity index (χ3n) is 5.46. The fourth-order valence-electron chi connectivity index (χ4n) is 3.49. The molecule has 0 saturated heterocycles.